The molecule has 8 heteroatoms. The molecule has 0 bridgehead atoms. The lowest BCUT2D eigenvalue weighted by Gasteiger charge is -2.72. The zero-order valence-electron chi connectivity index (χ0n) is 33.5. The maximum atomic E-state index is 14.5. The van der Waals surface area contributed by atoms with Gasteiger partial charge in [0.25, 0.3) is 0 Å². The molecule has 0 unspecified atom stereocenters. The largest absolute Gasteiger partial charge is 0.481 e. The summed E-state index contributed by atoms with van der Waals surface area (Å²) in [7, 11) is 0. The van der Waals surface area contributed by atoms with Crippen molar-refractivity contribution in [3.63, 3.8) is 0 Å². The average molecular weight is 712 g/mol. The topological polar surface area (TPSA) is 130 Å². The van der Waals surface area contributed by atoms with E-state index < -0.39 is 28.8 Å². The van der Waals surface area contributed by atoms with E-state index in [9.17, 15) is 29.4 Å². The normalized spacial score (nSPS) is 40.5. The zero-order valence-corrected chi connectivity index (χ0v) is 33.5. The second-order valence-corrected chi connectivity index (χ2v) is 20.6. The molecule has 0 radical (unpaired) electrons. The molecule has 5 aliphatic carbocycles. The van der Waals surface area contributed by atoms with Crippen molar-refractivity contribution in [1.29, 1.82) is 0 Å². The summed E-state index contributed by atoms with van der Waals surface area (Å²) >= 11 is 0. The van der Waals surface area contributed by atoms with Crippen LogP contribution in [0.5, 0.6) is 0 Å². The molecule has 5 saturated carbocycles. The van der Waals surface area contributed by atoms with Gasteiger partial charge in [-0.15, -0.1) is 0 Å². The van der Waals surface area contributed by atoms with Crippen LogP contribution in [0.3, 0.4) is 0 Å². The van der Waals surface area contributed by atoms with Gasteiger partial charge < -0.3 is 20.3 Å². The number of amides is 1. The number of ether oxygens (including phenoxy) is 1. The van der Waals surface area contributed by atoms with Gasteiger partial charge in [0.15, 0.2) is 0 Å². The van der Waals surface area contributed by atoms with E-state index in [0.29, 0.717) is 24.2 Å². The highest BCUT2D eigenvalue weighted by Gasteiger charge is 2.72. The van der Waals surface area contributed by atoms with Crippen LogP contribution in [-0.4, -0.2) is 46.2 Å². The lowest BCUT2D eigenvalue weighted by molar-refractivity contribution is -0.249. The summed E-state index contributed by atoms with van der Waals surface area (Å²) in [6.45, 7) is 26.4. The molecule has 0 aromatic rings. The van der Waals surface area contributed by atoms with E-state index >= 15 is 0 Å². The Kier molecular flexibility index (Phi) is 10.5. The van der Waals surface area contributed by atoms with E-state index in [1.54, 1.807) is 0 Å². The molecule has 11 atom stereocenters. The zero-order chi connectivity index (χ0) is 38.1. The van der Waals surface area contributed by atoms with E-state index in [0.717, 1.165) is 69.8 Å². The van der Waals surface area contributed by atoms with Gasteiger partial charge in [-0.25, -0.2) is 4.79 Å². The predicted octanol–water partition coefficient (Wildman–Crippen LogP) is 9.06. The van der Waals surface area contributed by atoms with Gasteiger partial charge in [0.1, 0.15) is 12.1 Å². The molecule has 51 heavy (non-hydrogen) atoms. The minimum absolute atomic E-state index is 0.0314. The Morgan fingerprint density at radius 2 is 1.51 bits per heavy atom. The Morgan fingerprint density at radius 3 is 2.10 bits per heavy atom. The van der Waals surface area contributed by atoms with Crippen molar-refractivity contribution in [2.24, 2.45) is 68.0 Å². The molecule has 0 heterocycles. The second-order valence-electron chi connectivity index (χ2n) is 20.6. The van der Waals surface area contributed by atoms with Crippen molar-refractivity contribution in [1.82, 2.24) is 5.32 Å². The molecule has 288 valence electrons. The number of carbonyl (C=O) groups excluding carboxylic acids is 2. The first-order chi connectivity index (χ1) is 23.4. The number of hydrogen-bond acceptors (Lipinski definition) is 5. The number of nitrogens with one attached hydrogen (secondary N) is 1. The number of fused-ring (bicyclic) bond motifs is 7. The molecule has 5 fully saturated rings. The Hall–Kier alpha value is -2.38. The number of hydrogen-bond donors (Lipinski definition) is 3. The third-order valence-electron chi connectivity index (χ3n) is 16.3. The first kappa shape index (κ1) is 39.8. The van der Waals surface area contributed by atoms with Crippen molar-refractivity contribution in [3.8, 4) is 0 Å². The van der Waals surface area contributed by atoms with Gasteiger partial charge in [-0.1, -0.05) is 74.5 Å². The lowest BCUT2D eigenvalue weighted by Crippen LogP contribution is -2.67. The van der Waals surface area contributed by atoms with Gasteiger partial charge in [-0.2, -0.15) is 0 Å². The maximum absolute atomic E-state index is 14.5. The van der Waals surface area contributed by atoms with Crippen molar-refractivity contribution in [2.45, 2.75) is 165 Å². The number of carboxylic acids is 2. The van der Waals surface area contributed by atoms with Crippen molar-refractivity contribution < 1.29 is 34.1 Å². The minimum atomic E-state index is -0.951. The van der Waals surface area contributed by atoms with E-state index in [4.69, 9.17) is 4.74 Å². The summed E-state index contributed by atoms with van der Waals surface area (Å²) in [5.74, 6) is -0.378. The molecule has 5 aliphatic rings. The number of rotatable bonds is 11. The van der Waals surface area contributed by atoms with Crippen molar-refractivity contribution >= 4 is 23.8 Å². The number of esters is 1. The summed E-state index contributed by atoms with van der Waals surface area (Å²) in [6, 6.07) is -0.873. The Morgan fingerprint density at radius 1 is 0.843 bits per heavy atom. The molecule has 1 amide bonds. The highest BCUT2D eigenvalue weighted by atomic mass is 16.5. The predicted molar refractivity (Wildman–Crippen MR) is 199 cm³/mol. The summed E-state index contributed by atoms with van der Waals surface area (Å²) in [5.41, 5.74) is -0.102. The fourth-order valence-corrected chi connectivity index (χ4v) is 13.8. The summed E-state index contributed by atoms with van der Waals surface area (Å²) in [5, 5.41) is 22.5. The lowest BCUT2D eigenvalue weighted by atomic mass is 9.32. The van der Waals surface area contributed by atoms with Gasteiger partial charge in [-0.3, -0.25) is 14.4 Å². The number of aliphatic carboxylic acids is 2. The molecule has 0 spiro atoms. The third-order valence-corrected chi connectivity index (χ3v) is 16.3. The Labute approximate surface area is 307 Å². The molecule has 5 rings (SSSR count). The molecule has 0 aromatic carbocycles. The average Bonchev–Trinajstić information content (AvgIpc) is 3.39. The van der Waals surface area contributed by atoms with Crippen LogP contribution >= 0.6 is 0 Å². The van der Waals surface area contributed by atoms with Gasteiger partial charge in [0.05, 0.1) is 18.3 Å². The van der Waals surface area contributed by atoms with Crippen LogP contribution in [-0.2, 0) is 23.9 Å². The van der Waals surface area contributed by atoms with Gasteiger partial charge in [-0.05, 0) is 135 Å². The van der Waals surface area contributed by atoms with Gasteiger partial charge in [0.2, 0.25) is 5.91 Å². The minimum Gasteiger partial charge on any atom is -0.481 e. The van der Waals surface area contributed by atoms with Gasteiger partial charge >= 0.3 is 17.9 Å². The van der Waals surface area contributed by atoms with E-state index in [1.165, 1.54) is 0 Å². The van der Waals surface area contributed by atoms with Crippen LogP contribution in [0.25, 0.3) is 0 Å². The molecule has 0 aromatic heterocycles. The smallest absolute Gasteiger partial charge is 0.326 e. The fourth-order valence-electron chi connectivity index (χ4n) is 13.8. The number of carbonyl (C=O) groups is 4. The fraction of sp³-hybridized carbons (Fsp3) is 0.860. The summed E-state index contributed by atoms with van der Waals surface area (Å²) in [6.07, 6.45) is 9.86. The third kappa shape index (κ3) is 6.59. The van der Waals surface area contributed by atoms with E-state index in [2.05, 4.69) is 53.4 Å². The Balaban J connectivity index is 1.41. The molecular weight excluding hydrogens is 642 g/mol. The van der Waals surface area contributed by atoms with E-state index in [1.807, 2.05) is 27.7 Å². The highest BCUT2D eigenvalue weighted by Crippen LogP contribution is 2.77. The maximum Gasteiger partial charge on any atom is 0.326 e. The van der Waals surface area contributed by atoms with Crippen LogP contribution < -0.4 is 5.32 Å². The van der Waals surface area contributed by atoms with Crippen molar-refractivity contribution in [2.75, 3.05) is 0 Å². The van der Waals surface area contributed by atoms with Crippen LogP contribution in [0.2, 0.25) is 0 Å². The van der Waals surface area contributed by atoms with E-state index in [-0.39, 0.29) is 70.2 Å². The molecular formula is C43H69NO7. The SMILES string of the molecule is C=C(C)[C@@H]1CC[C@]2(C(=O)N[C@@H](CC(C)C)C(=O)O)CC[C@]3(C)[C@H](CC[C@@H]4[C@@]5(C)CC[C@H](OC(=O)CC(C)(C)CC(=O)O)C(C)(C)[C@@H]5CC[C@]43C)[C@@H]12. The standard InChI is InChI=1S/C43H69NO7/c1-25(2)22-29(36(48)49)44-37(50)43-19-14-27(26(3)4)35(43)28-12-13-31-40(9)17-16-32(51-34(47)24-38(5,6)23-33(45)46)39(7,8)30(40)15-18-42(31,11)41(28,10)20-21-43/h25,27-32,35H,3,12-24H2,1-2,4-11H3,(H,44,50)(H,45,46)(H,48,49)/t27-,28+,29-,30-,31+,32-,35+,40-,41+,42+,43-/m0/s1. The first-order valence-corrected chi connectivity index (χ1v) is 20.1. The number of allylic oxidation sites excluding steroid dienone is 1. The van der Waals surface area contributed by atoms with Crippen LogP contribution in [0, 0.1) is 68.0 Å². The van der Waals surface area contributed by atoms with Crippen LogP contribution in [0.1, 0.15) is 153 Å². The Bertz CT molecular complexity index is 1420. The second kappa shape index (κ2) is 13.5. The number of carboxylic acid groups (broad SMARTS) is 2. The molecule has 0 aliphatic heterocycles. The van der Waals surface area contributed by atoms with Crippen molar-refractivity contribution in [3.05, 3.63) is 12.2 Å². The molecule has 0 saturated heterocycles. The first-order valence-electron chi connectivity index (χ1n) is 20.1. The molecule has 3 N–H and O–H groups in total. The summed E-state index contributed by atoms with van der Waals surface area (Å²) in [4.78, 5) is 51.4. The van der Waals surface area contributed by atoms with Gasteiger partial charge in [0, 0.05) is 5.41 Å². The molecule has 8 nitrogen and oxygen atoms in total. The van der Waals surface area contributed by atoms with Crippen LogP contribution in [0.15, 0.2) is 12.2 Å². The highest BCUT2D eigenvalue weighted by molar-refractivity contribution is 5.88. The quantitative estimate of drug-likeness (QED) is 0.144. The summed E-state index contributed by atoms with van der Waals surface area (Å²) < 4.78 is 6.25. The monoisotopic (exact) mass is 712 g/mol. The van der Waals surface area contributed by atoms with Crippen LogP contribution in [0.4, 0.5) is 0 Å².